The lowest BCUT2D eigenvalue weighted by molar-refractivity contribution is -0.109. The Labute approximate surface area is 145 Å². The van der Waals surface area contributed by atoms with E-state index < -0.39 is 0 Å². The van der Waals surface area contributed by atoms with Crippen LogP contribution in [0.5, 0.6) is 5.75 Å². The molecule has 1 aromatic rings. The van der Waals surface area contributed by atoms with E-state index in [0.29, 0.717) is 12.7 Å². The van der Waals surface area contributed by atoms with Crippen molar-refractivity contribution in [2.24, 2.45) is 11.3 Å². The van der Waals surface area contributed by atoms with Crippen LogP contribution in [0.2, 0.25) is 0 Å². The van der Waals surface area contributed by atoms with Gasteiger partial charge in [0, 0.05) is 7.11 Å². The van der Waals surface area contributed by atoms with Gasteiger partial charge in [0.05, 0.1) is 19.3 Å². The van der Waals surface area contributed by atoms with E-state index in [2.05, 4.69) is 12.1 Å². The fraction of sp³-hybridized carbons (Fsp3) is 0.700. The van der Waals surface area contributed by atoms with Crippen LogP contribution in [0.15, 0.2) is 24.3 Å². The summed E-state index contributed by atoms with van der Waals surface area (Å²) in [5, 5.41) is 10.7. The lowest BCUT2D eigenvalue weighted by Gasteiger charge is -2.44. The summed E-state index contributed by atoms with van der Waals surface area (Å²) < 4.78 is 16.0. The SMILES string of the molecule is COCOC1CCC2(CC1)[C@@H](Cc1ccc(OC)cc1)CC[C@@H]2O. The van der Waals surface area contributed by atoms with E-state index in [4.69, 9.17) is 14.2 Å². The first-order valence-corrected chi connectivity index (χ1v) is 9.09. The molecule has 0 unspecified atom stereocenters. The van der Waals surface area contributed by atoms with Crippen LogP contribution < -0.4 is 4.74 Å². The monoisotopic (exact) mass is 334 g/mol. The minimum atomic E-state index is -0.163. The van der Waals surface area contributed by atoms with Crippen molar-refractivity contribution in [3.05, 3.63) is 29.8 Å². The molecule has 0 amide bonds. The number of aliphatic hydroxyl groups is 1. The van der Waals surface area contributed by atoms with Gasteiger partial charge in [-0.15, -0.1) is 0 Å². The van der Waals surface area contributed by atoms with Crippen LogP contribution in [0, 0.1) is 11.3 Å². The summed E-state index contributed by atoms with van der Waals surface area (Å²) in [4.78, 5) is 0. The highest BCUT2D eigenvalue weighted by Gasteiger charge is 2.50. The molecule has 0 radical (unpaired) electrons. The first kappa shape index (κ1) is 17.7. The van der Waals surface area contributed by atoms with Crippen LogP contribution in [-0.4, -0.2) is 38.3 Å². The lowest BCUT2D eigenvalue weighted by atomic mass is 9.64. The topological polar surface area (TPSA) is 47.9 Å². The van der Waals surface area contributed by atoms with E-state index in [-0.39, 0.29) is 17.6 Å². The van der Waals surface area contributed by atoms with Crippen molar-refractivity contribution < 1.29 is 19.3 Å². The molecule has 2 aliphatic carbocycles. The van der Waals surface area contributed by atoms with Crippen LogP contribution >= 0.6 is 0 Å². The van der Waals surface area contributed by atoms with E-state index in [1.54, 1.807) is 14.2 Å². The van der Waals surface area contributed by atoms with Gasteiger partial charge in [-0.25, -0.2) is 0 Å². The Hall–Kier alpha value is -1.10. The third-order valence-electron chi connectivity index (χ3n) is 6.19. The van der Waals surface area contributed by atoms with Crippen LogP contribution in [0.25, 0.3) is 0 Å². The van der Waals surface area contributed by atoms with E-state index in [1.165, 1.54) is 5.56 Å². The maximum atomic E-state index is 10.7. The smallest absolute Gasteiger partial charge is 0.146 e. The second-order valence-electron chi connectivity index (χ2n) is 7.35. The molecule has 1 N–H and O–H groups in total. The van der Waals surface area contributed by atoms with Gasteiger partial charge in [-0.05, 0) is 74.0 Å². The van der Waals surface area contributed by atoms with Gasteiger partial charge < -0.3 is 19.3 Å². The molecule has 0 heterocycles. The maximum Gasteiger partial charge on any atom is 0.146 e. The Morgan fingerprint density at radius 2 is 1.75 bits per heavy atom. The summed E-state index contributed by atoms with van der Waals surface area (Å²) in [5.41, 5.74) is 1.42. The molecule has 24 heavy (non-hydrogen) atoms. The summed E-state index contributed by atoms with van der Waals surface area (Å²) >= 11 is 0. The Kier molecular flexibility index (Phi) is 5.80. The highest BCUT2D eigenvalue weighted by molar-refractivity contribution is 5.28. The van der Waals surface area contributed by atoms with Gasteiger partial charge in [-0.2, -0.15) is 0 Å². The van der Waals surface area contributed by atoms with Gasteiger partial charge in [0.15, 0.2) is 0 Å². The molecule has 3 rings (SSSR count). The fourth-order valence-electron chi connectivity index (χ4n) is 4.76. The zero-order valence-electron chi connectivity index (χ0n) is 14.9. The maximum absolute atomic E-state index is 10.7. The van der Waals surface area contributed by atoms with Crippen molar-refractivity contribution in [1.29, 1.82) is 0 Å². The van der Waals surface area contributed by atoms with Crippen LogP contribution in [-0.2, 0) is 15.9 Å². The minimum absolute atomic E-state index is 0.0762. The van der Waals surface area contributed by atoms with E-state index in [1.807, 2.05) is 12.1 Å². The highest BCUT2D eigenvalue weighted by Crippen LogP contribution is 2.54. The van der Waals surface area contributed by atoms with Gasteiger partial charge in [-0.3, -0.25) is 0 Å². The molecule has 0 aromatic heterocycles. The molecule has 134 valence electrons. The molecule has 1 aromatic carbocycles. The average Bonchev–Trinajstić information content (AvgIpc) is 2.91. The van der Waals surface area contributed by atoms with E-state index >= 15 is 0 Å². The number of rotatable bonds is 6. The summed E-state index contributed by atoms with van der Waals surface area (Å²) in [7, 11) is 3.36. The molecule has 0 saturated heterocycles. The van der Waals surface area contributed by atoms with Crippen molar-refractivity contribution in [2.45, 2.75) is 57.2 Å². The summed E-state index contributed by atoms with van der Waals surface area (Å²) in [6, 6.07) is 8.38. The first-order chi connectivity index (χ1) is 11.7. The third kappa shape index (κ3) is 3.61. The van der Waals surface area contributed by atoms with Crippen LogP contribution in [0.4, 0.5) is 0 Å². The number of hydrogen-bond acceptors (Lipinski definition) is 4. The average molecular weight is 334 g/mol. The Balaban J connectivity index is 1.64. The number of benzene rings is 1. The van der Waals surface area contributed by atoms with Gasteiger partial charge >= 0.3 is 0 Å². The predicted molar refractivity (Wildman–Crippen MR) is 93.1 cm³/mol. The van der Waals surface area contributed by atoms with Gasteiger partial charge in [0.1, 0.15) is 12.5 Å². The number of hydrogen-bond donors (Lipinski definition) is 1. The molecule has 4 nitrogen and oxygen atoms in total. The quantitative estimate of drug-likeness (QED) is 0.808. The second-order valence-corrected chi connectivity index (χ2v) is 7.35. The molecule has 2 aliphatic rings. The Morgan fingerprint density at radius 1 is 1.04 bits per heavy atom. The summed E-state index contributed by atoms with van der Waals surface area (Å²) in [6.07, 6.45) is 7.40. The Bertz CT molecular complexity index is 505. The van der Waals surface area contributed by atoms with Crippen LogP contribution in [0.1, 0.15) is 44.1 Å². The molecule has 2 saturated carbocycles. The molecule has 4 heteroatoms. The molecule has 1 spiro atoms. The lowest BCUT2D eigenvalue weighted by Crippen LogP contribution is -2.41. The number of methoxy groups -OCH3 is 2. The second kappa shape index (κ2) is 7.85. The summed E-state index contributed by atoms with van der Waals surface area (Å²) in [6.45, 7) is 0.371. The van der Waals surface area contributed by atoms with Crippen molar-refractivity contribution in [3.63, 3.8) is 0 Å². The molecule has 0 aliphatic heterocycles. The van der Waals surface area contributed by atoms with Gasteiger partial charge in [0.25, 0.3) is 0 Å². The van der Waals surface area contributed by atoms with Gasteiger partial charge in [0.2, 0.25) is 0 Å². The van der Waals surface area contributed by atoms with E-state index in [9.17, 15) is 5.11 Å². The predicted octanol–water partition coefficient (Wildman–Crippen LogP) is 3.56. The van der Waals surface area contributed by atoms with Gasteiger partial charge in [-0.1, -0.05) is 12.1 Å². The highest BCUT2D eigenvalue weighted by atomic mass is 16.7. The summed E-state index contributed by atoms with van der Waals surface area (Å²) in [5.74, 6) is 1.46. The van der Waals surface area contributed by atoms with Crippen molar-refractivity contribution in [3.8, 4) is 5.75 Å². The standard InChI is InChI=1S/C20H30O4/c1-22-14-24-18-9-11-20(12-10-18)16(5-8-19(20)21)13-15-3-6-17(23-2)7-4-15/h3-4,6-7,16,18-19,21H,5,8-14H2,1-2H3/t16-,18?,19+,20?/m1/s1. The third-order valence-corrected chi connectivity index (χ3v) is 6.19. The molecular weight excluding hydrogens is 304 g/mol. The van der Waals surface area contributed by atoms with Crippen molar-refractivity contribution >= 4 is 0 Å². The first-order valence-electron chi connectivity index (χ1n) is 9.09. The molecular formula is C20H30O4. The van der Waals surface area contributed by atoms with Crippen LogP contribution in [0.3, 0.4) is 0 Å². The van der Waals surface area contributed by atoms with Crippen molar-refractivity contribution in [1.82, 2.24) is 0 Å². The molecule has 2 fully saturated rings. The number of ether oxygens (including phenoxy) is 3. The minimum Gasteiger partial charge on any atom is -0.497 e. The Morgan fingerprint density at radius 3 is 2.38 bits per heavy atom. The zero-order valence-corrected chi connectivity index (χ0v) is 14.9. The molecule has 2 atom stereocenters. The van der Waals surface area contributed by atoms with E-state index in [0.717, 1.165) is 50.7 Å². The molecule has 0 bridgehead atoms. The fourth-order valence-corrected chi connectivity index (χ4v) is 4.76. The van der Waals surface area contributed by atoms with Crippen molar-refractivity contribution in [2.75, 3.05) is 21.0 Å². The normalized spacial score (nSPS) is 33.0. The largest absolute Gasteiger partial charge is 0.497 e. The zero-order chi connectivity index (χ0) is 17.0. The number of aliphatic hydroxyl groups excluding tert-OH is 1.